The SMILES string of the molecule is CCNC(=O)[C@H](C)N(Cc1c(Cl)cccc1Cl)C(=O)CN(c1ccc(C)cc1)S(=O)(=O)c1ccc(F)cc1. The van der Waals surface area contributed by atoms with Gasteiger partial charge < -0.3 is 10.2 Å². The van der Waals surface area contributed by atoms with Gasteiger partial charge in [-0.3, -0.25) is 13.9 Å². The maximum atomic E-state index is 13.8. The van der Waals surface area contributed by atoms with Crippen LogP contribution in [0.1, 0.15) is 25.0 Å². The highest BCUT2D eigenvalue weighted by atomic mass is 35.5. The largest absolute Gasteiger partial charge is 0.355 e. The Labute approximate surface area is 232 Å². The number of amides is 2. The number of rotatable bonds is 10. The molecular formula is C27H28Cl2FN3O4S. The predicted molar refractivity (Wildman–Crippen MR) is 147 cm³/mol. The first-order valence-corrected chi connectivity index (χ1v) is 14.0. The first kappa shape index (κ1) is 29.4. The van der Waals surface area contributed by atoms with E-state index in [2.05, 4.69) is 5.32 Å². The summed E-state index contributed by atoms with van der Waals surface area (Å²) in [5.41, 5.74) is 1.54. The number of sulfonamides is 1. The van der Waals surface area contributed by atoms with Gasteiger partial charge in [-0.05, 0) is 69.3 Å². The molecule has 0 aliphatic heterocycles. The lowest BCUT2D eigenvalue weighted by Crippen LogP contribution is -2.51. The Balaban J connectivity index is 2.06. The van der Waals surface area contributed by atoms with Gasteiger partial charge in [0.15, 0.2) is 0 Å². The molecule has 0 spiro atoms. The number of halogens is 3. The van der Waals surface area contributed by atoms with Gasteiger partial charge in [0.25, 0.3) is 10.0 Å². The molecule has 0 radical (unpaired) electrons. The molecule has 0 saturated carbocycles. The summed E-state index contributed by atoms with van der Waals surface area (Å²) in [6, 6.07) is 14.8. The minimum absolute atomic E-state index is 0.131. The Kier molecular flexibility index (Phi) is 9.76. The number of hydrogen-bond donors (Lipinski definition) is 1. The van der Waals surface area contributed by atoms with E-state index in [1.54, 1.807) is 56.3 Å². The van der Waals surface area contributed by atoms with Gasteiger partial charge in [0, 0.05) is 28.7 Å². The quantitative estimate of drug-likeness (QED) is 0.358. The van der Waals surface area contributed by atoms with Crippen molar-refractivity contribution in [2.24, 2.45) is 0 Å². The van der Waals surface area contributed by atoms with Crippen LogP contribution in [0.15, 0.2) is 71.6 Å². The van der Waals surface area contributed by atoms with Crippen LogP contribution in [0.4, 0.5) is 10.1 Å². The minimum atomic E-state index is -4.29. The van der Waals surface area contributed by atoms with Crippen LogP contribution in [0.2, 0.25) is 10.0 Å². The van der Waals surface area contributed by atoms with Gasteiger partial charge in [-0.25, -0.2) is 12.8 Å². The van der Waals surface area contributed by atoms with Gasteiger partial charge >= 0.3 is 0 Å². The summed E-state index contributed by atoms with van der Waals surface area (Å²) in [5, 5.41) is 3.28. The molecule has 202 valence electrons. The van der Waals surface area contributed by atoms with Crippen LogP contribution in [-0.4, -0.2) is 44.3 Å². The number of likely N-dealkylation sites (N-methyl/N-ethyl adjacent to an activating group) is 1. The van der Waals surface area contributed by atoms with E-state index in [-0.39, 0.29) is 17.1 Å². The lowest BCUT2D eigenvalue weighted by atomic mass is 10.1. The van der Waals surface area contributed by atoms with Gasteiger partial charge in [0.05, 0.1) is 10.6 Å². The third-order valence-corrected chi connectivity index (χ3v) is 8.41. The van der Waals surface area contributed by atoms with E-state index in [1.165, 1.54) is 4.90 Å². The van der Waals surface area contributed by atoms with Crippen LogP contribution in [0.5, 0.6) is 0 Å². The van der Waals surface area contributed by atoms with Crippen LogP contribution < -0.4 is 9.62 Å². The molecule has 0 fully saturated rings. The second kappa shape index (κ2) is 12.6. The molecule has 0 heterocycles. The van der Waals surface area contributed by atoms with Crippen LogP contribution in [0, 0.1) is 12.7 Å². The van der Waals surface area contributed by atoms with Crippen molar-refractivity contribution in [3.05, 3.63) is 93.7 Å². The predicted octanol–water partition coefficient (Wildman–Crippen LogP) is 5.19. The van der Waals surface area contributed by atoms with Gasteiger partial charge in [-0.2, -0.15) is 0 Å². The van der Waals surface area contributed by atoms with Crippen LogP contribution in [-0.2, 0) is 26.2 Å². The average molecular weight is 581 g/mol. The molecule has 0 unspecified atom stereocenters. The van der Waals surface area contributed by atoms with Gasteiger partial charge in [0.2, 0.25) is 11.8 Å². The molecule has 0 bridgehead atoms. The normalized spacial score (nSPS) is 12.1. The van der Waals surface area contributed by atoms with E-state index < -0.39 is 40.2 Å². The molecule has 11 heteroatoms. The zero-order chi connectivity index (χ0) is 28.0. The molecule has 2 amide bonds. The van der Waals surface area contributed by atoms with Crippen LogP contribution >= 0.6 is 23.2 Å². The minimum Gasteiger partial charge on any atom is -0.355 e. The first-order valence-electron chi connectivity index (χ1n) is 11.8. The Morgan fingerprint density at radius 3 is 2.11 bits per heavy atom. The summed E-state index contributed by atoms with van der Waals surface area (Å²) in [6.07, 6.45) is 0. The number of carbonyl (C=O) groups is 2. The topological polar surface area (TPSA) is 86.8 Å². The molecule has 0 saturated heterocycles. The maximum absolute atomic E-state index is 13.8. The lowest BCUT2D eigenvalue weighted by molar-refractivity contribution is -0.139. The lowest BCUT2D eigenvalue weighted by Gasteiger charge is -2.32. The number of aryl methyl sites for hydroxylation is 1. The molecule has 1 N–H and O–H groups in total. The number of nitrogens with zero attached hydrogens (tertiary/aromatic N) is 2. The van der Waals surface area contributed by atoms with E-state index in [1.807, 2.05) is 6.92 Å². The van der Waals surface area contributed by atoms with E-state index in [9.17, 15) is 22.4 Å². The summed E-state index contributed by atoms with van der Waals surface area (Å²) in [7, 11) is -4.29. The highest BCUT2D eigenvalue weighted by Gasteiger charge is 2.33. The molecule has 0 aliphatic rings. The van der Waals surface area contributed by atoms with Gasteiger partial charge in [-0.15, -0.1) is 0 Å². The van der Waals surface area contributed by atoms with Crippen molar-refractivity contribution in [2.45, 2.75) is 38.3 Å². The molecule has 3 rings (SSSR count). The van der Waals surface area contributed by atoms with Crippen molar-refractivity contribution in [1.29, 1.82) is 0 Å². The molecule has 3 aromatic rings. The van der Waals surface area contributed by atoms with Crippen LogP contribution in [0.3, 0.4) is 0 Å². The smallest absolute Gasteiger partial charge is 0.264 e. The molecule has 1 atom stereocenters. The monoisotopic (exact) mass is 579 g/mol. The standard InChI is InChI=1S/C27H28Cl2FN3O4S/c1-4-31-27(35)19(3)32(16-23-24(28)6-5-7-25(23)29)26(34)17-33(21-12-8-18(2)9-13-21)38(36,37)22-14-10-20(30)11-15-22/h5-15,19H,4,16-17H2,1-3H3,(H,31,35)/t19-/m0/s1. The zero-order valence-electron chi connectivity index (χ0n) is 21.1. The Morgan fingerprint density at radius 2 is 1.55 bits per heavy atom. The number of hydrogen-bond acceptors (Lipinski definition) is 4. The summed E-state index contributed by atoms with van der Waals surface area (Å²) in [4.78, 5) is 27.6. The highest BCUT2D eigenvalue weighted by molar-refractivity contribution is 7.92. The molecule has 3 aromatic carbocycles. The van der Waals surface area contributed by atoms with Crippen molar-refractivity contribution in [2.75, 3.05) is 17.4 Å². The number of anilines is 1. The molecular weight excluding hydrogens is 552 g/mol. The Hall–Kier alpha value is -3.14. The summed E-state index contributed by atoms with van der Waals surface area (Å²) < 4.78 is 41.8. The van der Waals surface area contributed by atoms with E-state index in [4.69, 9.17) is 23.2 Å². The second-order valence-electron chi connectivity index (χ2n) is 8.59. The zero-order valence-corrected chi connectivity index (χ0v) is 23.4. The third-order valence-electron chi connectivity index (χ3n) is 5.91. The summed E-state index contributed by atoms with van der Waals surface area (Å²) in [6.45, 7) is 4.71. The fraction of sp³-hybridized carbons (Fsp3) is 0.259. The van der Waals surface area contributed by atoms with Gasteiger partial charge in [-0.1, -0.05) is 47.0 Å². The van der Waals surface area contributed by atoms with Crippen molar-refractivity contribution in [3.63, 3.8) is 0 Å². The molecule has 7 nitrogen and oxygen atoms in total. The van der Waals surface area contributed by atoms with Crippen molar-refractivity contribution in [1.82, 2.24) is 10.2 Å². The van der Waals surface area contributed by atoms with Crippen molar-refractivity contribution in [3.8, 4) is 0 Å². The number of benzene rings is 3. The fourth-order valence-corrected chi connectivity index (χ4v) is 5.66. The molecule has 0 aliphatic carbocycles. The van der Waals surface area contributed by atoms with Crippen molar-refractivity contribution < 1.29 is 22.4 Å². The average Bonchev–Trinajstić information content (AvgIpc) is 2.87. The Bertz CT molecular complexity index is 1380. The van der Waals surface area contributed by atoms with E-state index in [0.717, 1.165) is 34.1 Å². The molecule has 38 heavy (non-hydrogen) atoms. The Morgan fingerprint density at radius 1 is 0.974 bits per heavy atom. The number of nitrogens with one attached hydrogen (secondary N) is 1. The fourth-order valence-electron chi connectivity index (χ4n) is 3.73. The summed E-state index contributed by atoms with van der Waals surface area (Å²) in [5.74, 6) is -1.68. The van der Waals surface area contributed by atoms with E-state index >= 15 is 0 Å². The van der Waals surface area contributed by atoms with E-state index in [0.29, 0.717) is 22.2 Å². The number of carbonyl (C=O) groups excluding carboxylic acids is 2. The van der Waals surface area contributed by atoms with Gasteiger partial charge in [0.1, 0.15) is 18.4 Å². The molecule has 0 aromatic heterocycles. The van der Waals surface area contributed by atoms with Crippen molar-refractivity contribution >= 4 is 50.7 Å². The summed E-state index contributed by atoms with van der Waals surface area (Å²) >= 11 is 12.7. The van der Waals surface area contributed by atoms with Crippen LogP contribution in [0.25, 0.3) is 0 Å². The maximum Gasteiger partial charge on any atom is 0.264 e. The first-order chi connectivity index (χ1) is 17.9. The highest BCUT2D eigenvalue weighted by Crippen LogP contribution is 2.28. The third kappa shape index (κ3) is 6.83. The second-order valence-corrected chi connectivity index (χ2v) is 11.3.